The van der Waals surface area contributed by atoms with Crippen LogP contribution in [0.3, 0.4) is 0 Å². The molecule has 0 saturated heterocycles. The second kappa shape index (κ2) is 36.8. The minimum Gasteiger partial charge on any atom is -0.744 e. The topological polar surface area (TPSA) is 406 Å². The van der Waals surface area contributed by atoms with E-state index in [-0.39, 0.29) is 225 Å². The van der Waals surface area contributed by atoms with Gasteiger partial charge in [0.2, 0.25) is 23.8 Å². The molecule has 6 rings (SSSR count). The van der Waals surface area contributed by atoms with Gasteiger partial charge in [-0.25, -0.2) is 16.8 Å². The molecule has 0 saturated carbocycles. The van der Waals surface area contributed by atoms with Crippen LogP contribution in [-0.4, -0.2) is 154 Å². The Morgan fingerprint density at radius 3 is 1.42 bits per heavy atom. The molecule has 2 aromatic heterocycles. The summed E-state index contributed by atoms with van der Waals surface area (Å²) in [5, 5.41) is 44.5. The minimum absolute atomic E-state index is 0. The van der Waals surface area contributed by atoms with Crippen LogP contribution in [0.15, 0.2) is 94.7 Å². The molecule has 0 amide bonds. The van der Waals surface area contributed by atoms with Gasteiger partial charge >= 0.3 is 139 Å². The van der Waals surface area contributed by atoms with Gasteiger partial charge in [-0.15, -0.1) is 73.3 Å². The first kappa shape index (κ1) is 72.7. The molecule has 0 aliphatic rings. The summed E-state index contributed by atoms with van der Waals surface area (Å²) >= 11 is 0. The van der Waals surface area contributed by atoms with Gasteiger partial charge in [-0.1, -0.05) is 30.0 Å². The SMILES string of the molecule is O=S(=O)([O-])c1ccc(Cc2nc(Nc3ccc(/C=C/c4[c-]cc(Cc5nc(Nc6cc[c-]cc6)nc(N(CCO)CCO)n5)cc4)c(S(=O)(=O)[O-])c3)nc(N(CCO)CCO)n2)cc1.O=S(=O)=O.O=S(=O)=O.[Na+].[Na+].[Na+].[Na+]. The van der Waals surface area contributed by atoms with E-state index in [4.69, 9.17) is 25.3 Å². The molecule has 4 aromatic carbocycles. The summed E-state index contributed by atoms with van der Waals surface area (Å²) in [6, 6.07) is 27.6. The van der Waals surface area contributed by atoms with Crippen molar-refractivity contribution in [2.45, 2.75) is 22.6 Å². The first-order valence-electron chi connectivity index (χ1n) is 20.5. The average Bonchev–Trinajstić information content (AvgIpc) is 3.31. The Kier molecular flexibility index (Phi) is 35.2. The first-order valence-corrected chi connectivity index (χ1v) is 25.3. The van der Waals surface area contributed by atoms with Crippen molar-refractivity contribution in [3.05, 3.63) is 131 Å². The van der Waals surface area contributed by atoms with Crippen molar-refractivity contribution in [1.82, 2.24) is 29.9 Å². The Labute approximate surface area is 528 Å². The largest absolute Gasteiger partial charge is 1.00 e. The fraction of sp³-hybridized carbons (Fsp3) is 0.238. The molecule has 34 heteroatoms. The van der Waals surface area contributed by atoms with Crippen LogP contribution in [0.5, 0.6) is 0 Å². The molecule has 384 valence electrons. The predicted octanol–water partition coefficient (Wildman–Crippen LogP) is -12.1. The number of hydrogen-bond donors (Lipinski definition) is 6. The zero-order valence-electron chi connectivity index (χ0n) is 41.2. The van der Waals surface area contributed by atoms with Gasteiger partial charge in [0.1, 0.15) is 31.9 Å². The molecule has 0 aliphatic carbocycles. The van der Waals surface area contributed by atoms with E-state index in [0.717, 1.165) is 29.4 Å². The summed E-state index contributed by atoms with van der Waals surface area (Å²) in [6.07, 6.45) is 3.35. The number of aromatic nitrogens is 6. The molecule has 6 N–H and O–H groups in total. The fourth-order valence-electron chi connectivity index (χ4n) is 6.17. The zero-order valence-corrected chi connectivity index (χ0v) is 52.5. The van der Waals surface area contributed by atoms with Crippen molar-refractivity contribution in [2.24, 2.45) is 0 Å². The van der Waals surface area contributed by atoms with Crippen molar-refractivity contribution < 1.29 is 190 Å². The first-order chi connectivity index (χ1) is 34.2. The number of aliphatic hydroxyl groups is 4. The van der Waals surface area contributed by atoms with Crippen molar-refractivity contribution in [3.63, 3.8) is 0 Å². The standard InChI is InChI=1S/C42H44N10O10S2.4Na.2O3S/c53-22-18-51(19-23-54)41-47-37(45-39(49-41)43-33-4-2-1-3-5-33)26-30-8-6-29(7-9-30)10-13-32-14-15-34(28-36(32)64(60,61)62)44-40-46-38(48-42(50-40)52(20-24-55)21-25-56)27-31-11-16-35(17-12-31)63(57,58)59;;;;;2*1-4(2)3/h2-6,8-17,28,53-56H,18-27H2,(H,57,58,59)(H,60,61,62)(H,43,45,47,49)(H,44,46,48,50);;;;;;/q-2;4*+1;;/p-2/b13-10+;;;;;;. The van der Waals surface area contributed by atoms with E-state index < -0.39 is 51.2 Å². The maximum Gasteiger partial charge on any atom is 1.00 e. The van der Waals surface area contributed by atoms with Crippen LogP contribution in [0.25, 0.3) is 12.2 Å². The molecule has 0 radical (unpaired) electrons. The molecule has 0 bridgehead atoms. The molecule has 0 spiro atoms. The fourth-order valence-corrected chi connectivity index (χ4v) is 7.34. The van der Waals surface area contributed by atoms with Gasteiger partial charge in [0.25, 0.3) is 0 Å². The van der Waals surface area contributed by atoms with E-state index in [0.29, 0.717) is 17.0 Å². The van der Waals surface area contributed by atoms with Gasteiger partial charge in [0.15, 0.2) is 0 Å². The quantitative estimate of drug-likeness (QED) is 0.0159. The number of benzene rings is 4. The van der Waals surface area contributed by atoms with Gasteiger partial charge in [-0.05, 0) is 41.8 Å². The number of nitrogens with one attached hydrogen (secondary N) is 2. The monoisotopic (exact) mass is 1160 g/mol. The van der Waals surface area contributed by atoms with Crippen molar-refractivity contribution in [2.75, 3.05) is 73.0 Å². The Bertz CT molecular complexity index is 3210. The van der Waals surface area contributed by atoms with Crippen LogP contribution in [0.1, 0.15) is 33.9 Å². The molecule has 76 heavy (non-hydrogen) atoms. The third-order valence-electron chi connectivity index (χ3n) is 9.18. The molecule has 0 fully saturated rings. The summed E-state index contributed by atoms with van der Waals surface area (Å²) in [5.74, 6) is 1.06. The summed E-state index contributed by atoms with van der Waals surface area (Å²) in [7, 11) is -15.9. The molecule has 0 unspecified atom stereocenters. The summed E-state index contributed by atoms with van der Waals surface area (Å²) in [6.45, 7) is -0.509. The Hall–Kier alpha value is -3.26. The van der Waals surface area contributed by atoms with E-state index in [1.54, 1.807) is 47.4 Å². The van der Waals surface area contributed by atoms with Gasteiger partial charge in [-0.2, -0.15) is 53.7 Å². The molecule has 6 aromatic rings. The van der Waals surface area contributed by atoms with E-state index in [2.05, 4.69) is 52.7 Å². The maximum absolute atomic E-state index is 12.6. The van der Waals surface area contributed by atoms with Gasteiger partial charge in [0, 0.05) is 38.3 Å². The van der Waals surface area contributed by atoms with E-state index >= 15 is 0 Å². The van der Waals surface area contributed by atoms with Gasteiger partial charge < -0.3 is 50.0 Å². The van der Waals surface area contributed by atoms with E-state index in [1.165, 1.54) is 35.2 Å². The number of anilines is 6. The van der Waals surface area contributed by atoms with Crippen LogP contribution in [0.2, 0.25) is 0 Å². The normalized spacial score (nSPS) is 10.6. The van der Waals surface area contributed by atoms with Crippen LogP contribution in [0.4, 0.5) is 35.2 Å². The predicted molar refractivity (Wildman–Crippen MR) is 252 cm³/mol. The van der Waals surface area contributed by atoms with Gasteiger partial charge in [-0.3, -0.25) is 0 Å². The van der Waals surface area contributed by atoms with E-state index in [9.17, 15) is 46.4 Å². The Morgan fingerprint density at radius 1 is 0.553 bits per heavy atom. The van der Waals surface area contributed by atoms with Crippen LogP contribution in [-0.2, 0) is 54.3 Å². The smallest absolute Gasteiger partial charge is 0.744 e. The number of nitrogens with zero attached hydrogens (tertiary/aromatic N) is 8. The summed E-state index contributed by atoms with van der Waals surface area (Å²) in [4.78, 5) is 29.1. The van der Waals surface area contributed by atoms with E-state index in [1.807, 2.05) is 6.07 Å². The molecular formula is C42H42N10Na4O16S4. The average molecular weight is 1160 g/mol. The van der Waals surface area contributed by atoms with Crippen LogP contribution < -0.4 is 139 Å². The zero-order chi connectivity index (χ0) is 52.8. The van der Waals surface area contributed by atoms with Crippen LogP contribution in [0, 0.1) is 12.1 Å². The molecule has 0 aliphatic heterocycles. The summed E-state index contributed by atoms with van der Waals surface area (Å²) < 4.78 is 123. The molecular weight excluding hydrogens is 1120 g/mol. The Morgan fingerprint density at radius 2 is 1.00 bits per heavy atom. The molecule has 0 atom stereocenters. The van der Waals surface area contributed by atoms with Gasteiger partial charge in [0.05, 0.1) is 36.2 Å². The second-order valence-corrected chi connectivity index (χ2v) is 17.8. The molecule has 26 nitrogen and oxygen atoms in total. The third-order valence-corrected chi connectivity index (χ3v) is 10.9. The second-order valence-electron chi connectivity index (χ2n) is 14.2. The summed E-state index contributed by atoms with van der Waals surface area (Å²) in [5.41, 5.74) is 2.80. The molecule has 2 heterocycles. The third kappa shape index (κ3) is 26.1. The van der Waals surface area contributed by atoms with Crippen LogP contribution >= 0.6 is 0 Å². The number of aliphatic hydroxyl groups excluding tert-OH is 4. The van der Waals surface area contributed by atoms with Crippen molar-refractivity contribution >= 4 is 88.8 Å². The van der Waals surface area contributed by atoms with Crippen molar-refractivity contribution in [1.29, 1.82) is 0 Å². The Balaban J connectivity index is 0.00000437. The maximum atomic E-state index is 12.6. The number of hydrogen-bond acceptors (Lipinski definition) is 26. The van der Waals surface area contributed by atoms with Crippen molar-refractivity contribution in [3.8, 4) is 0 Å². The minimum atomic E-state index is -5.02. The number of rotatable bonds is 22.